The molecule has 0 amide bonds. The summed E-state index contributed by atoms with van der Waals surface area (Å²) < 4.78 is 72.2. The van der Waals surface area contributed by atoms with E-state index in [0.717, 1.165) is 65.2 Å². The third-order valence-electron chi connectivity index (χ3n) is 12.7. The van der Waals surface area contributed by atoms with Gasteiger partial charge in [-0.25, -0.2) is 8.78 Å². The fourth-order valence-electron chi connectivity index (χ4n) is 9.05. The average Bonchev–Trinajstić information content (AvgIpc) is 4.24. The highest BCUT2D eigenvalue weighted by atomic mass is 32.1. The van der Waals surface area contributed by atoms with Gasteiger partial charge in [-0.2, -0.15) is 0 Å². The van der Waals surface area contributed by atoms with Crippen LogP contribution in [-0.2, 0) is 54.4 Å². The number of aryl methyl sites for hydroxylation is 2. The van der Waals surface area contributed by atoms with Crippen LogP contribution in [0.4, 0.5) is 8.78 Å². The smallest absolute Gasteiger partial charge is 0.132 e. The van der Waals surface area contributed by atoms with Crippen molar-refractivity contribution in [2.45, 2.75) is 91.1 Å². The molecule has 0 unspecified atom stereocenters. The van der Waals surface area contributed by atoms with Crippen molar-refractivity contribution in [3.8, 4) is 40.4 Å². The summed E-state index contributed by atoms with van der Waals surface area (Å²) in [4.78, 5) is 9.17. The van der Waals surface area contributed by atoms with E-state index in [-0.39, 0.29) is 11.6 Å². The lowest BCUT2D eigenvalue weighted by Gasteiger charge is -2.12. The Bertz CT molecular complexity index is 2680. The molecule has 0 spiro atoms. The maximum absolute atomic E-state index is 16.9. The summed E-state index contributed by atoms with van der Waals surface area (Å²) in [6.45, 7) is 9.87. The van der Waals surface area contributed by atoms with Gasteiger partial charge in [0.25, 0.3) is 0 Å². The normalized spacial score (nSPS) is 12.0. The second kappa shape index (κ2) is 26.8. The molecule has 0 saturated carbocycles. The molecule has 8 aromatic rings. The van der Waals surface area contributed by atoms with Crippen molar-refractivity contribution in [1.29, 1.82) is 0 Å². The summed E-state index contributed by atoms with van der Waals surface area (Å²) in [6.07, 6.45) is 12.1. The molecule has 0 bridgehead atoms. The highest BCUT2D eigenvalue weighted by molar-refractivity contribution is 7.24. The van der Waals surface area contributed by atoms with Gasteiger partial charge in [0.2, 0.25) is 0 Å². The molecule has 2 aromatic carbocycles. The highest BCUT2D eigenvalue weighted by Crippen LogP contribution is 2.45. The Hall–Kier alpha value is -3.80. The van der Waals surface area contributed by atoms with Gasteiger partial charge in [0.15, 0.2) is 0 Å². The third kappa shape index (κ3) is 13.0. The van der Waals surface area contributed by atoms with Crippen LogP contribution in [0, 0.1) is 11.6 Å². The van der Waals surface area contributed by atoms with Gasteiger partial charge in [-0.05, 0) is 98.5 Å². The lowest BCUT2D eigenvalue weighted by Crippen LogP contribution is -2.11. The molecule has 0 saturated heterocycles. The Morgan fingerprint density at radius 1 is 0.414 bits per heavy atom. The molecule has 0 aliphatic heterocycles. The number of benzene rings is 2. The summed E-state index contributed by atoms with van der Waals surface area (Å²) in [6, 6.07) is 24.5. The summed E-state index contributed by atoms with van der Waals surface area (Å²) in [5, 5.41) is 1.51. The van der Waals surface area contributed by atoms with Crippen molar-refractivity contribution in [2.75, 3.05) is 80.3 Å². The first-order valence-electron chi connectivity index (χ1n) is 25.1. The largest absolute Gasteiger partial charge is 0.382 e. The number of ether oxygens (including phenoxy) is 6. The minimum absolute atomic E-state index is 0.302. The van der Waals surface area contributed by atoms with Crippen LogP contribution in [0.1, 0.15) is 75.0 Å². The summed E-state index contributed by atoms with van der Waals surface area (Å²) in [7, 11) is 3.30. The number of aromatic nitrogens is 2. The molecule has 8 rings (SSSR count). The number of hydrogen-bond donors (Lipinski definition) is 0. The van der Waals surface area contributed by atoms with Crippen molar-refractivity contribution in [3.05, 3.63) is 94.2 Å². The second-order valence-electron chi connectivity index (χ2n) is 17.6. The Balaban J connectivity index is 1.17. The number of methoxy groups -OCH3 is 2. The van der Waals surface area contributed by atoms with Gasteiger partial charge in [-0.15, -0.1) is 45.3 Å². The number of fused-ring (bicyclic) bond motifs is 5. The average molecular weight is 1030 g/mol. The monoisotopic (exact) mass is 1030 g/mol. The molecule has 0 N–H and O–H groups in total. The van der Waals surface area contributed by atoms with Crippen molar-refractivity contribution < 1.29 is 37.2 Å². The van der Waals surface area contributed by atoms with E-state index >= 15 is 8.78 Å². The number of unbranched alkanes of at least 4 members (excludes halogenated alkanes) is 6. The predicted molar refractivity (Wildman–Crippen MR) is 291 cm³/mol. The molecule has 0 aliphatic rings. The maximum atomic E-state index is 16.9. The van der Waals surface area contributed by atoms with E-state index in [4.69, 9.17) is 28.4 Å². The molecule has 6 aromatic heterocycles. The number of rotatable bonds is 32. The number of nitrogens with zero attached hydrogens (tertiary/aromatic N) is 2. The molecule has 0 atom stereocenters. The maximum Gasteiger partial charge on any atom is 0.132 e. The van der Waals surface area contributed by atoms with Crippen LogP contribution in [0.15, 0.2) is 72.8 Å². The first kappa shape index (κ1) is 52.5. The van der Waals surface area contributed by atoms with Crippen molar-refractivity contribution in [3.63, 3.8) is 0 Å². The SMILES string of the molecule is CCCCCCc1ccc(-c2ccc(-c3cc4c(cc3F)c3c(c5cc(F)c(-c6ccc(-c7ccc(CCCCCC)s7)s6)cc5n3CCOCCOCCOC)n4CCOCCOCCOC)s2)s1. The van der Waals surface area contributed by atoms with Crippen LogP contribution in [0.3, 0.4) is 0 Å². The number of hydrogen-bond acceptors (Lipinski definition) is 10. The zero-order valence-electron chi connectivity index (χ0n) is 41.2. The molecule has 376 valence electrons. The Morgan fingerprint density at radius 2 is 0.786 bits per heavy atom. The van der Waals surface area contributed by atoms with E-state index in [1.54, 1.807) is 49.0 Å². The summed E-state index contributed by atoms with van der Waals surface area (Å²) in [5.41, 5.74) is 4.47. The predicted octanol–water partition coefficient (Wildman–Crippen LogP) is 15.5. The topological polar surface area (TPSA) is 65.2 Å². The van der Waals surface area contributed by atoms with Crippen LogP contribution >= 0.6 is 45.3 Å². The Morgan fingerprint density at radius 3 is 1.20 bits per heavy atom. The third-order valence-corrected chi connectivity index (χ3v) is 17.6. The van der Waals surface area contributed by atoms with Gasteiger partial charge >= 0.3 is 0 Å². The van der Waals surface area contributed by atoms with Crippen LogP contribution in [-0.4, -0.2) is 89.4 Å². The molecular formula is C56H68F2N2O6S4. The second-order valence-corrected chi connectivity index (χ2v) is 22.1. The lowest BCUT2D eigenvalue weighted by atomic mass is 10.1. The standard InChI is InChI=1S/C56H68F2N2O6S4/c1-5-7-9-11-13-39-15-17-51(67-39)53-21-19-49(69-53)41-37-47-43(35-45(41)57)55-56(59(47)23-25-63-31-33-65-29-27-61-3)44-36-46(58)42(38-48(44)60(55)24-26-64-32-34-66-30-28-62-4)50-20-22-54(70-50)52-18-16-40(68-52)14-12-10-8-6-2/h15-22,35-38H,5-14,23-34H2,1-4H3. The van der Waals surface area contributed by atoms with Crippen LogP contribution in [0.5, 0.6) is 0 Å². The molecule has 0 fully saturated rings. The number of thiophene rings is 4. The molecule has 70 heavy (non-hydrogen) atoms. The van der Waals surface area contributed by atoms with E-state index in [0.29, 0.717) is 90.3 Å². The van der Waals surface area contributed by atoms with Crippen LogP contribution in [0.2, 0.25) is 0 Å². The van der Waals surface area contributed by atoms with Crippen LogP contribution < -0.4 is 0 Å². The zero-order chi connectivity index (χ0) is 48.7. The van der Waals surface area contributed by atoms with E-state index in [9.17, 15) is 0 Å². The van der Waals surface area contributed by atoms with Gasteiger partial charge in [0.05, 0.1) is 88.1 Å². The highest BCUT2D eigenvalue weighted by Gasteiger charge is 2.25. The molecule has 0 aliphatic carbocycles. The quantitative estimate of drug-likeness (QED) is 0.0392. The first-order chi connectivity index (χ1) is 34.4. The molecular weight excluding hydrogens is 963 g/mol. The molecule has 6 heterocycles. The van der Waals surface area contributed by atoms with E-state index in [2.05, 4.69) is 59.4 Å². The molecule has 0 radical (unpaired) electrons. The van der Waals surface area contributed by atoms with Crippen molar-refractivity contribution >= 4 is 78.2 Å². The van der Waals surface area contributed by atoms with Crippen molar-refractivity contribution in [1.82, 2.24) is 9.13 Å². The van der Waals surface area contributed by atoms with Gasteiger partial charge in [-0.1, -0.05) is 52.4 Å². The minimum Gasteiger partial charge on any atom is -0.382 e. The van der Waals surface area contributed by atoms with Gasteiger partial charge < -0.3 is 37.6 Å². The number of halogens is 2. The Kier molecular flexibility index (Phi) is 20.1. The fourth-order valence-corrected chi connectivity index (χ4v) is 13.4. The molecule has 8 nitrogen and oxygen atoms in total. The van der Waals surface area contributed by atoms with E-state index in [1.807, 2.05) is 46.9 Å². The molecule has 14 heteroatoms. The van der Waals surface area contributed by atoms with Gasteiger partial charge in [0, 0.05) is 88.2 Å². The van der Waals surface area contributed by atoms with Gasteiger partial charge in [0.1, 0.15) is 11.6 Å². The Labute approximate surface area is 428 Å². The van der Waals surface area contributed by atoms with Gasteiger partial charge in [-0.3, -0.25) is 0 Å². The van der Waals surface area contributed by atoms with E-state index < -0.39 is 0 Å². The van der Waals surface area contributed by atoms with Crippen LogP contribution in [0.25, 0.3) is 73.2 Å². The first-order valence-corrected chi connectivity index (χ1v) is 28.3. The lowest BCUT2D eigenvalue weighted by molar-refractivity contribution is 0.0233. The summed E-state index contributed by atoms with van der Waals surface area (Å²) >= 11 is 6.90. The van der Waals surface area contributed by atoms with E-state index in [1.165, 1.54) is 70.9 Å². The minimum atomic E-state index is -0.302. The zero-order valence-corrected chi connectivity index (χ0v) is 44.5. The van der Waals surface area contributed by atoms with Crippen molar-refractivity contribution in [2.24, 2.45) is 0 Å². The fraction of sp³-hybridized carbons (Fsp3) is 0.464. The summed E-state index contributed by atoms with van der Waals surface area (Å²) in [5.74, 6) is -0.603.